The molecule has 4 N–H and O–H groups in total. The number of hydrogen-bond acceptors (Lipinski definition) is 10. The van der Waals surface area contributed by atoms with E-state index in [1.165, 1.54) is 13.3 Å². The van der Waals surface area contributed by atoms with Gasteiger partial charge in [-0.15, -0.1) is 0 Å². The maximum Gasteiger partial charge on any atom is 0.475 e. The van der Waals surface area contributed by atoms with Crippen molar-refractivity contribution in [2.75, 3.05) is 18.9 Å². The van der Waals surface area contributed by atoms with Crippen molar-refractivity contribution in [1.29, 1.82) is 0 Å². The number of nitrogen functional groups attached to an aromatic ring is 1. The van der Waals surface area contributed by atoms with Crippen molar-refractivity contribution in [3.8, 4) is 0 Å². The Morgan fingerprint density at radius 1 is 1.38 bits per heavy atom. The van der Waals surface area contributed by atoms with Gasteiger partial charge in [0.05, 0.1) is 24.7 Å². The Kier molecular flexibility index (Phi) is 6.28. The first-order chi connectivity index (χ1) is 16.2. The standard InChI is InChI=1S/C21H24BrN4O7P/c1-21(28)17(27)16(32-20(21)26-7-5-14-18(23)24-11-25-19(14)26)10-31-34(29)30-8-6-15(33-34)12-3-2-4-13(22)9-12/h2-5,7,9,11,15-17,20,27-28H,6,8,10H2,1H3,(H2,23,24,25)/t15-,16+,17+,20+,21+,34+/m0/s1. The van der Waals surface area contributed by atoms with Crippen LogP contribution in [-0.2, 0) is 22.9 Å². The van der Waals surface area contributed by atoms with Gasteiger partial charge in [0.15, 0.2) is 6.23 Å². The lowest BCUT2D eigenvalue weighted by Crippen LogP contribution is -2.44. The summed E-state index contributed by atoms with van der Waals surface area (Å²) in [4.78, 5) is 8.17. The molecule has 1 aromatic carbocycles. The Morgan fingerprint density at radius 3 is 3.00 bits per heavy atom. The minimum Gasteiger partial charge on any atom is -0.387 e. The molecule has 3 aromatic rings. The number of nitrogens with zero attached hydrogens (tertiary/aromatic N) is 3. The van der Waals surface area contributed by atoms with Gasteiger partial charge in [-0.05, 0) is 30.7 Å². The van der Waals surface area contributed by atoms with E-state index < -0.39 is 38.0 Å². The number of halogens is 1. The largest absolute Gasteiger partial charge is 0.475 e. The number of aromatic nitrogens is 3. The third-order valence-corrected chi connectivity index (χ3v) is 8.02. The Hall–Kier alpha value is -1.89. The van der Waals surface area contributed by atoms with Crippen LogP contribution in [0.15, 0.2) is 47.3 Å². The van der Waals surface area contributed by atoms with Crippen LogP contribution >= 0.6 is 23.8 Å². The molecule has 0 amide bonds. The molecule has 34 heavy (non-hydrogen) atoms. The van der Waals surface area contributed by atoms with Crippen molar-refractivity contribution in [2.24, 2.45) is 0 Å². The fourth-order valence-electron chi connectivity index (χ4n) is 4.23. The van der Waals surface area contributed by atoms with Crippen LogP contribution in [0.2, 0.25) is 0 Å². The molecule has 0 saturated carbocycles. The highest BCUT2D eigenvalue weighted by Crippen LogP contribution is 2.57. The predicted molar refractivity (Wildman–Crippen MR) is 125 cm³/mol. The molecule has 0 radical (unpaired) electrons. The summed E-state index contributed by atoms with van der Waals surface area (Å²) < 4.78 is 38.0. The number of nitrogens with two attached hydrogens (primary N) is 1. The Morgan fingerprint density at radius 2 is 2.21 bits per heavy atom. The van der Waals surface area contributed by atoms with Crippen molar-refractivity contribution in [3.63, 3.8) is 0 Å². The predicted octanol–water partition coefficient (Wildman–Crippen LogP) is 3.09. The normalized spacial score (nSPS) is 34.0. The summed E-state index contributed by atoms with van der Waals surface area (Å²) in [5.74, 6) is 0.284. The third kappa shape index (κ3) is 4.29. The van der Waals surface area contributed by atoms with Crippen molar-refractivity contribution in [3.05, 3.63) is 52.9 Å². The average molecular weight is 555 g/mol. The summed E-state index contributed by atoms with van der Waals surface area (Å²) >= 11 is 3.42. The summed E-state index contributed by atoms with van der Waals surface area (Å²) in [5, 5.41) is 22.4. The van der Waals surface area contributed by atoms with Crippen LogP contribution in [0.4, 0.5) is 5.82 Å². The van der Waals surface area contributed by atoms with E-state index in [0.29, 0.717) is 17.5 Å². The second kappa shape index (κ2) is 8.96. The van der Waals surface area contributed by atoms with Gasteiger partial charge in [0, 0.05) is 17.1 Å². The van der Waals surface area contributed by atoms with Crippen molar-refractivity contribution in [2.45, 2.75) is 43.5 Å². The number of fused-ring (bicyclic) bond motifs is 1. The van der Waals surface area contributed by atoms with E-state index in [9.17, 15) is 14.8 Å². The second-order valence-electron chi connectivity index (χ2n) is 8.43. The van der Waals surface area contributed by atoms with Crippen molar-refractivity contribution < 1.29 is 33.1 Å². The summed E-state index contributed by atoms with van der Waals surface area (Å²) in [6.07, 6.45) is -0.394. The molecule has 0 spiro atoms. The maximum absolute atomic E-state index is 13.1. The number of rotatable bonds is 5. The van der Waals surface area contributed by atoms with Crippen LogP contribution in [0.5, 0.6) is 0 Å². The quantitative estimate of drug-likeness (QED) is 0.401. The Bertz CT molecular complexity index is 1250. The summed E-state index contributed by atoms with van der Waals surface area (Å²) in [6.45, 7) is 1.30. The molecule has 5 rings (SSSR count). The number of phosphoric acid groups is 1. The fourth-order valence-corrected chi connectivity index (χ4v) is 6.05. The van der Waals surface area contributed by atoms with Crippen LogP contribution in [0.3, 0.4) is 0 Å². The minimum absolute atomic E-state index is 0.180. The molecule has 2 aromatic heterocycles. The van der Waals surface area contributed by atoms with Gasteiger partial charge in [0.2, 0.25) is 0 Å². The van der Waals surface area contributed by atoms with Crippen LogP contribution in [-0.4, -0.2) is 55.8 Å². The Labute approximate surface area is 203 Å². The first-order valence-electron chi connectivity index (χ1n) is 10.6. The van der Waals surface area contributed by atoms with E-state index in [-0.39, 0.29) is 19.0 Å². The van der Waals surface area contributed by atoms with Gasteiger partial charge in [0.1, 0.15) is 35.6 Å². The number of ether oxygens (including phenoxy) is 1. The zero-order valence-corrected chi connectivity index (χ0v) is 20.6. The van der Waals surface area contributed by atoms with E-state index >= 15 is 0 Å². The number of phosphoric ester groups is 1. The highest BCUT2D eigenvalue weighted by Gasteiger charge is 2.54. The molecule has 0 unspecified atom stereocenters. The van der Waals surface area contributed by atoms with E-state index in [0.717, 1.165) is 10.0 Å². The molecule has 0 bridgehead atoms. The van der Waals surface area contributed by atoms with E-state index in [1.807, 2.05) is 24.3 Å². The van der Waals surface area contributed by atoms with Crippen LogP contribution in [0.25, 0.3) is 11.0 Å². The van der Waals surface area contributed by atoms with Gasteiger partial charge in [-0.2, -0.15) is 0 Å². The van der Waals surface area contributed by atoms with E-state index in [1.54, 1.807) is 16.8 Å². The second-order valence-corrected chi connectivity index (χ2v) is 11.0. The van der Waals surface area contributed by atoms with Gasteiger partial charge in [-0.1, -0.05) is 28.1 Å². The van der Waals surface area contributed by atoms with Crippen LogP contribution in [0.1, 0.15) is 31.2 Å². The van der Waals surface area contributed by atoms with Gasteiger partial charge in [-0.25, -0.2) is 14.5 Å². The van der Waals surface area contributed by atoms with E-state index in [4.69, 9.17) is 24.0 Å². The first kappa shape index (κ1) is 23.8. The first-order valence-corrected chi connectivity index (χ1v) is 12.9. The highest BCUT2D eigenvalue weighted by atomic mass is 79.9. The molecule has 2 aliphatic rings. The van der Waals surface area contributed by atoms with Gasteiger partial charge < -0.3 is 25.3 Å². The van der Waals surface area contributed by atoms with E-state index in [2.05, 4.69) is 25.9 Å². The lowest BCUT2D eigenvalue weighted by Gasteiger charge is -2.30. The molecule has 11 nitrogen and oxygen atoms in total. The molecular formula is C21H24BrN4O7P. The maximum atomic E-state index is 13.1. The number of benzene rings is 1. The molecule has 13 heteroatoms. The Balaban J connectivity index is 1.31. The molecule has 2 aliphatic heterocycles. The van der Waals surface area contributed by atoms with Gasteiger partial charge in [-0.3, -0.25) is 13.6 Å². The number of aliphatic hydroxyl groups excluding tert-OH is 1. The molecule has 2 fully saturated rings. The van der Waals surface area contributed by atoms with Gasteiger partial charge >= 0.3 is 7.82 Å². The smallest absolute Gasteiger partial charge is 0.387 e. The van der Waals surface area contributed by atoms with Crippen molar-refractivity contribution in [1.82, 2.24) is 14.5 Å². The molecule has 6 atom stereocenters. The zero-order chi connectivity index (χ0) is 24.1. The lowest BCUT2D eigenvalue weighted by atomic mass is 9.96. The average Bonchev–Trinajstić information content (AvgIpc) is 3.32. The lowest BCUT2D eigenvalue weighted by molar-refractivity contribution is -0.0950. The minimum atomic E-state index is -3.93. The molecule has 0 aliphatic carbocycles. The number of anilines is 1. The topological polar surface area (TPSA) is 151 Å². The molecular weight excluding hydrogens is 531 g/mol. The van der Waals surface area contributed by atoms with Gasteiger partial charge in [0.25, 0.3) is 0 Å². The monoisotopic (exact) mass is 554 g/mol. The number of hydrogen-bond donors (Lipinski definition) is 3. The fraction of sp³-hybridized carbons (Fsp3) is 0.429. The highest BCUT2D eigenvalue weighted by molar-refractivity contribution is 9.10. The molecule has 182 valence electrons. The van der Waals surface area contributed by atoms with Crippen molar-refractivity contribution >= 4 is 40.6 Å². The summed E-state index contributed by atoms with van der Waals surface area (Å²) in [6, 6.07) is 9.19. The van der Waals surface area contributed by atoms with Crippen LogP contribution < -0.4 is 5.73 Å². The number of aliphatic hydroxyl groups is 2. The zero-order valence-electron chi connectivity index (χ0n) is 18.2. The summed E-state index contributed by atoms with van der Waals surface area (Å²) in [5.41, 5.74) is 5.47. The van der Waals surface area contributed by atoms with Crippen LogP contribution in [0, 0.1) is 0 Å². The molecule has 2 saturated heterocycles. The third-order valence-electron chi connectivity index (χ3n) is 6.05. The molecule has 4 heterocycles. The SMILES string of the molecule is C[C@@]1(O)[C@H](O)[C@@H](CO[P@@]2(=O)OCC[C@@H](c3cccc(Br)c3)O2)O[C@H]1n1ccc2c(N)ncnc21. The summed E-state index contributed by atoms with van der Waals surface area (Å²) in [7, 11) is -3.93.